The highest BCUT2D eigenvalue weighted by Gasteiger charge is 2.02. The molecule has 2 aromatic rings. The molecule has 19 heavy (non-hydrogen) atoms. The smallest absolute Gasteiger partial charge is 0.0969 e. The lowest BCUT2D eigenvalue weighted by atomic mass is 10.1. The van der Waals surface area contributed by atoms with Gasteiger partial charge in [0.1, 0.15) is 0 Å². The van der Waals surface area contributed by atoms with Crippen molar-refractivity contribution in [2.75, 3.05) is 20.3 Å². The average Bonchev–Trinajstić information content (AvgIpc) is 2.92. The lowest BCUT2D eigenvalue weighted by molar-refractivity contribution is 0.199. The van der Waals surface area contributed by atoms with Gasteiger partial charge in [-0.15, -0.1) is 5.10 Å². The number of methoxy groups -OCH3 is 1. The Labute approximate surface area is 113 Å². The van der Waals surface area contributed by atoms with Gasteiger partial charge in [-0.3, -0.25) is 0 Å². The Kier molecular flexibility index (Phi) is 5.06. The van der Waals surface area contributed by atoms with E-state index in [1.807, 2.05) is 6.20 Å². The Hall–Kier alpha value is -1.72. The van der Waals surface area contributed by atoms with E-state index in [-0.39, 0.29) is 0 Å². The molecule has 0 aliphatic heterocycles. The summed E-state index contributed by atoms with van der Waals surface area (Å²) in [7, 11) is 1.69. The number of aromatic nitrogens is 3. The maximum absolute atomic E-state index is 4.97. The number of rotatable bonds is 7. The second-order valence-corrected chi connectivity index (χ2v) is 4.34. The summed E-state index contributed by atoms with van der Waals surface area (Å²) >= 11 is 0. The lowest BCUT2D eigenvalue weighted by Gasteiger charge is -2.01. The van der Waals surface area contributed by atoms with E-state index >= 15 is 0 Å². The molecule has 0 radical (unpaired) electrons. The fraction of sp³-hybridized carbons (Fsp3) is 0.429. The Morgan fingerprint density at radius 1 is 1.26 bits per heavy atom. The molecule has 0 atom stereocenters. The largest absolute Gasteiger partial charge is 0.383 e. The number of benzene rings is 1. The molecule has 1 aromatic heterocycles. The van der Waals surface area contributed by atoms with Gasteiger partial charge in [-0.1, -0.05) is 24.3 Å². The van der Waals surface area contributed by atoms with E-state index in [2.05, 4.69) is 46.8 Å². The van der Waals surface area contributed by atoms with Gasteiger partial charge in [-0.05, 0) is 24.1 Å². The third-order valence-electron chi connectivity index (χ3n) is 2.94. The lowest BCUT2D eigenvalue weighted by Crippen LogP contribution is -2.18. The van der Waals surface area contributed by atoms with Crippen LogP contribution in [0.5, 0.6) is 0 Å². The molecule has 1 N–H and O–H groups in total. The van der Waals surface area contributed by atoms with Crippen molar-refractivity contribution in [1.29, 1.82) is 0 Å². The first kappa shape index (κ1) is 13.7. The van der Waals surface area contributed by atoms with Crippen LogP contribution in [0.4, 0.5) is 0 Å². The van der Waals surface area contributed by atoms with Gasteiger partial charge < -0.3 is 10.1 Å². The number of ether oxygens (including phenoxy) is 1. The highest BCUT2D eigenvalue weighted by atomic mass is 16.5. The molecule has 0 bridgehead atoms. The monoisotopic (exact) mass is 260 g/mol. The number of aryl methyl sites for hydroxylation is 1. The zero-order valence-corrected chi connectivity index (χ0v) is 11.5. The van der Waals surface area contributed by atoms with Crippen molar-refractivity contribution in [1.82, 2.24) is 20.3 Å². The molecular weight excluding hydrogens is 240 g/mol. The summed E-state index contributed by atoms with van der Waals surface area (Å²) in [6, 6.07) is 8.37. The predicted octanol–water partition coefficient (Wildman–Crippen LogP) is 1.57. The molecule has 1 heterocycles. The number of nitrogens with one attached hydrogen (secondary N) is 1. The summed E-state index contributed by atoms with van der Waals surface area (Å²) in [5.74, 6) is 0. The van der Waals surface area contributed by atoms with Crippen LogP contribution in [0.3, 0.4) is 0 Å². The van der Waals surface area contributed by atoms with Crippen LogP contribution in [0.15, 0.2) is 30.5 Å². The second kappa shape index (κ2) is 7.01. The van der Waals surface area contributed by atoms with E-state index in [0.717, 1.165) is 24.3 Å². The van der Waals surface area contributed by atoms with Crippen molar-refractivity contribution in [3.63, 3.8) is 0 Å². The summed E-state index contributed by atoms with van der Waals surface area (Å²) in [6.45, 7) is 4.37. The molecule has 0 fully saturated rings. The second-order valence-electron chi connectivity index (χ2n) is 4.34. The normalized spacial score (nSPS) is 10.8. The molecule has 0 aliphatic rings. The summed E-state index contributed by atoms with van der Waals surface area (Å²) in [6.07, 6.45) is 2.99. The van der Waals surface area contributed by atoms with Gasteiger partial charge in [0.05, 0.1) is 24.2 Å². The maximum Gasteiger partial charge on any atom is 0.0969 e. The SMILES string of the molecule is CCc1ccc(-n2cc(CNCCOC)nn2)cc1. The molecule has 5 heteroatoms. The van der Waals surface area contributed by atoms with Crippen molar-refractivity contribution < 1.29 is 4.74 Å². The van der Waals surface area contributed by atoms with Gasteiger partial charge in [0.2, 0.25) is 0 Å². The van der Waals surface area contributed by atoms with Crippen molar-refractivity contribution in [2.45, 2.75) is 19.9 Å². The molecule has 5 nitrogen and oxygen atoms in total. The molecule has 0 unspecified atom stereocenters. The van der Waals surface area contributed by atoms with Crippen LogP contribution in [0.2, 0.25) is 0 Å². The first-order valence-electron chi connectivity index (χ1n) is 6.53. The quantitative estimate of drug-likeness (QED) is 0.768. The zero-order valence-electron chi connectivity index (χ0n) is 11.5. The van der Waals surface area contributed by atoms with E-state index < -0.39 is 0 Å². The Morgan fingerprint density at radius 2 is 2.05 bits per heavy atom. The Bertz CT molecular complexity index is 492. The Morgan fingerprint density at radius 3 is 2.74 bits per heavy atom. The Balaban J connectivity index is 1.95. The molecule has 0 spiro atoms. The van der Waals surface area contributed by atoms with Crippen LogP contribution in [0.25, 0.3) is 5.69 Å². The first-order chi connectivity index (χ1) is 9.33. The molecule has 0 saturated carbocycles. The van der Waals surface area contributed by atoms with Crippen molar-refractivity contribution in [3.8, 4) is 5.69 Å². The molecule has 1 aromatic carbocycles. The van der Waals surface area contributed by atoms with E-state index in [4.69, 9.17) is 4.74 Å². The minimum atomic E-state index is 0.701. The van der Waals surface area contributed by atoms with Gasteiger partial charge in [0, 0.05) is 20.2 Å². The van der Waals surface area contributed by atoms with E-state index in [0.29, 0.717) is 13.2 Å². The van der Waals surface area contributed by atoms with Crippen LogP contribution in [0, 0.1) is 0 Å². The molecule has 0 saturated heterocycles. The summed E-state index contributed by atoms with van der Waals surface area (Å²) in [5, 5.41) is 11.5. The van der Waals surface area contributed by atoms with Crippen molar-refractivity contribution in [3.05, 3.63) is 41.7 Å². The van der Waals surface area contributed by atoms with Crippen molar-refractivity contribution in [2.24, 2.45) is 0 Å². The standard InChI is InChI=1S/C14H20N4O/c1-3-12-4-6-14(7-5-12)18-11-13(16-17-18)10-15-8-9-19-2/h4-7,11,15H,3,8-10H2,1-2H3. The molecule has 0 amide bonds. The fourth-order valence-corrected chi connectivity index (χ4v) is 1.78. The molecule has 102 valence electrons. The first-order valence-corrected chi connectivity index (χ1v) is 6.53. The molecule has 0 aliphatic carbocycles. The van der Waals surface area contributed by atoms with E-state index in [1.54, 1.807) is 11.8 Å². The van der Waals surface area contributed by atoms with Gasteiger partial charge >= 0.3 is 0 Å². The van der Waals surface area contributed by atoms with E-state index in [9.17, 15) is 0 Å². The van der Waals surface area contributed by atoms with Gasteiger partial charge in [-0.25, -0.2) is 4.68 Å². The number of hydrogen-bond donors (Lipinski definition) is 1. The molecule has 2 rings (SSSR count). The highest BCUT2D eigenvalue weighted by molar-refractivity contribution is 5.33. The summed E-state index contributed by atoms with van der Waals surface area (Å²) in [5.41, 5.74) is 3.29. The third kappa shape index (κ3) is 3.87. The highest BCUT2D eigenvalue weighted by Crippen LogP contribution is 2.09. The fourth-order valence-electron chi connectivity index (χ4n) is 1.78. The third-order valence-corrected chi connectivity index (χ3v) is 2.94. The number of nitrogens with zero attached hydrogens (tertiary/aromatic N) is 3. The minimum Gasteiger partial charge on any atom is -0.383 e. The van der Waals surface area contributed by atoms with Crippen molar-refractivity contribution >= 4 is 0 Å². The zero-order chi connectivity index (χ0) is 13.5. The van der Waals surface area contributed by atoms with Crippen LogP contribution >= 0.6 is 0 Å². The van der Waals surface area contributed by atoms with Crippen LogP contribution in [-0.2, 0) is 17.7 Å². The summed E-state index contributed by atoms with van der Waals surface area (Å²) < 4.78 is 6.77. The van der Waals surface area contributed by atoms with Crippen LogP contribution in [0.1, 0.15) is 18.2 Å². The van der Waals surface area contributed by atoms with Crippen LogP contribution < -0.4 is 5.32 Å². The van der Waals surface area contributed by atoms with Crippen LogP contribution in [-0.4, -0.2) is 35.3 Å². The summed E-state index contributed by atoms with van der Waals surface area (Å²) in [4.78, 5) is 0. The predicted molar refractivity (Wildman–Crippen MR) is 74.3 cm³/mol. The minimum absolute atomic E-state index is 0.701. The van der Waals surface area contributed by atoms with E-state index in [1.165, 1.54) is 5.56 Å². The maximum atomic E-state index is 4.97. The van der Waals surface area contributed by atoms with Gasteiger partial charge in [0.15, 0.2) is 0 Å². The average molecular weight is 260 g/mol. The van der Waals surface area contributed by atoms with Gasteiger partial charge in [-0.2, -0.15) is 0 Å². The number of hydrogen-bond acceptors (Lipinski definition) is 4. The van der Waals surface area contributed by atoms with Gasteiger partial charge in [0.25, 0.3) is 0 Å². The topological polar surface area (TPSA) is 52.0 Å². The molecular formula is C14H20N4O.